The number of nitrogens with zero attached hydrogens (tertiary/aromatic N) is 3. The lowest BCUT2D eigenvalue weighted by atomic mass is 9.99. The number of fused-ring (bicyclic) bond motifs is 1. The summed E-state index contributed by atoms with van der Waals surface area (Å²) in [5.74, 6) is -1.25. The molecule has 0 aliphatic rings. The molecule has 45 heavy (non-hydrogen) atoms. The average Bonchev–Trinajstić information content (AvgIpc) is 3.36. The second-order valence-corrected chi connectivity index (χ2v) is 10.9. The Balaban J connectivity index is 1.86. The number of carbonyl (C=O) groups excluding carboxylic acids is 2. The minimum atomic E-state index is -4.57. The summed E-state index contributed by atoms with van der Waals surface area (Å²) < 4.78 is 59.4. The van der Waals surface area contributed by atoms with Crippen LogP contribution in [0, 0.1) is 5.82 Å². The maximum absolute atomic E-state index is 13.6. The second-order valence-electron chi connectivity index (χ2n) is 10.9. The van der Waals surface area contributed by atoms with E-state index in [1.54, 1.807) is 52.9 Å². The summed E-state index contributed by atoms with van der Waals surface area (Å²) >= 11 is 0. The first-order valence-electron chi connectivity index (χ1n) is 13.8. The van der Waals surface area contributed by atoms with Crippen LogP contribution in [0.15, 0.2) is 69.0 Å². The first kappa shape index (κ1) is 32.8. The number of hydrogen-bond donors (Lipinski definition) is 3. The Labute approximate surface area is 256 Å². The number of benzene rings is 2. The van der Waals surface area contributed by atoms with E-state index in [2.05, 4.69) is 30.9 Å². The third-order valence-electron chi connectivity index (χ3n) is 6.66. The van der Waals surface area contributed by atoms with E-state index in [-0.39, 0.29) is 39.4 Å². The summed E-state index contributed by atoms with van der Waals surface area (Å²) in [6.45, 7) is 5.70. The number of amidine groups is 1. The van der Waals surface area contributed by atoms with Crippen molar-refractivity contribution in [2.24, 2.45) is 9.98 Å². The van der Waals surface area contributed by atoms with Gasteiger partial charge in [-0.1, -0.05) is 12.1 Å². The van der Waals surface area contributed by atoms with Gasteiger partial charge in [0.15, 0.2) is 0 Å². The fourth-order valence-corrected chi connectivity index (χ4v) is 4.64. The second kappa shape index (κ2) is 12.9. The van der Waals surface area contributed by atoms with Gasteiger partial charge < -0.3 is 20.4 Å². The van der Waals surface area contributed by atoms with Crippen molar-refractivity contribution in [2.45, 2.75) is 39.4 Å². The van der Waals surface area contributed by atoms with Crippen LogP contribution in [-0.2, 0) is 0 Å². The molecule has 2 aromatic carbocycles. The van der Waals surface area contributed by atoms with Gasteiger partial charge in [0, 0.05) is 36.5 Å². The van der Waals surface area contributed by atoms with E-state index in [0.29, 0.717) is 17.0 Å². The van der Waals surface area contributed by atoms with E-state index < -0.39 is 35.9 Å². The standard InChI is InChI=1S/C32H32F4N6O3/c1-17(2)40-30(38-6)31(3,4)42-27(43)20-9-7-8-19(14-20)22-15-23-24(28(44)37-5)25(18-10-12-21(33)13-11-18)45-29(23)41-26(22)39-16-32(34,35)36/h7-15H,16H2,1-6H3,(H,37,44)(H,39,41)(H,42,43). The predicted octanol–water partition coefficient (Wildman–Crippen LogP) is 6.65. The Kier molecular flexibility index (Phi) is 9.40. The summed E-state index contributed by atoms with van der Waals surface area (Å²) in [5.41, 5.74) is 0.838. The van der Waals surface area contributed by atoms with Crippen molar-refractivity contribution in [3.63, 3.8) is 0 Å². The number of amides is 2. The van der Waals surface area contributed by atoms with E-state index in [1.165, 1.54) is 43.4 Å². The van der Waals surface area contributed by atoms with Crippen molar-refractivity contribution >= 4 is 40.3 Å². The molecule has 2 aromatic heterocycles. The van der Waals surface area contributed by atoms with Crippen LogP contribution in [0.1, 0.15) is 48.4 Å². The van der Waals surface area contributed by atoms with E-state index in [0.717, 1.165) is 5.71 Å². The molecule has 0 spiro atoms. The monoisotopic (exact) mass is 624 g/mol. The van der Waals surface area contributed by atoms with Gasteiger partial charge in [-0.3, -0.25) is 14.6 Å². The van der Waals surface area contributed by atoms with Gasteiger partial charge in [0.25, 0.3) is 11.8 Å². The number of alkyl halides is 3. The zero-order valence-electron chi connectivity index (χ0n) is 25.5. The first-order valence-corrected chi connectivity index (χ1v) is 13.8. The van der Waals surface area contributed by atoms with E-state index in [9.17, 15) is 27.2 Å². The molecule has 0 fully saturated rings. The van der Waals surface area contributed by atoms with Crippen LogP contribution in [0.25, 0.3) is 33.6 Å². The lowest BCUT2D eigenvalue weighted by Gasteiger charge is -2.26. The summed E-state index contributed by atoms with van der Waals surface area (Å²) in [7, 11) is 2.98. The number of pyridine rings is 1. The zero-order valence-corrected chi connectivity index (χ0v) is 25.5. The molecule has 0 bridgehead atoms. The van der Waals surface area contributed by atoms with Gasteiger partial charge in [0.05, 0.1) is 16.5 Å². The van der Waals surface area contributed by atoms with Crippen molar-refractivity contribution in [1.29, 1.82) is 0 Å². The molecule has 2 amide bonds. The van der Waals surface area contributed by atoms with Crippen LogP contribution in [0.3, 0.4) is 0 Å². The molecule has 0 atom stereocenters. The number of halogens is 4. The SMILES string of the molecule is CN=C(N=C(C)C)C(C)(C)NC(=O)c1cccc(-c2cc3c(C(=O)NC)c(-c4ccc(F)cc4)oc3nc2NCC(F)(F)F)c1. The van der Waals surface area contributed by atoms with Crippen LogP contribution in [0.2, 0.25) is 0 Å². The smallest absolute Gasteiger partial charge is 0.405 e. The topological polar surface area (TPSA) is 121 Å². The number of aromatic nitrogens is 1. The molecular formula is C32H32F4N6O3. The molecule has 9 nitrogen and oxygen atoms in total. The highest BCUT2D eigenvalue weighted by Gasteiger charge is 2.30. The average molecular weight is 625 g/mol. The molecule has 13 heteroatoms. The molecule has 4 rings (SSSR count). The number of hydrogen-bond acceptors (Lipinski definition) is 6. The van der Waals surface area contributed by atoms with Crippen molar-refractivity contribution in [1.82, 2.24) is 15.6 Å². The number of furan rings is 1. The van der Waals surface area contributed by atoms with E-state index >= 15 is 0 Å². The minimum Gasteiger partial charge on any atom is -0.437 e. The molecule has 0 saturated carbocycles. The van der Waals surface area contributed by atoms with Crippen molar-refractivity contribution in [3.05, 3.63) is 71.5 Å². The molecule has 0 radical (unpaired) electrons. The highest BCUT2D eigenvalue weighted by molar-refractivity contribution is 6.12. The van der Waals surface area contributed by atoms with E-state index in [1.807, 2.05) is 0 Å². The summed E-state index contributed by atoms with van der Waals surface area (Å²) in [6, 6.07) is 12.9. The Hall–Kier alpha value is -5.07. The molecule has 0 aliphatic heterocycles. The van der Waals surface area contributed by atoms with Gasteiger partial charge in [-0.25, -0.2) is 9.38 Å². The number of anilines is 1. The molecule has 0 aliphatic carbocycles. The van der Waals surface area contributed by atoms with Crippen LogP contribution in [0.5, 0.6) is 0 Å². The largest absolute Gasteiger partial charge is 0.437 e. The number of carbonyl (C=O) groups is 2. The molecule has 0 saturated heterocycles. The fraction of sp³-hybridized carbons (Fsp3) is 0.281. The van der Waals surface area contributed by atoms with Crippen LogP contribution < -0.4 is 16.0 Å². The third-order valence-corrected chi connectivity index (χ3v) is 6.66. The Bertz CT molecular complexity index is 1800. The lowest BCUT2D eigenvalue weighted by Crippen LogP contribution is -2.49. The molecule has 3 N–H and O–H groups in total. The quantitative estimate of drug-likeness (QED) is 0.115. The maximum Gasteiger partial charge on any atom is 0.405 e. The Morgan fingerprint density at radius 1 is 0.978 bits per heavy atom. The van der Waals surface area contributed by atoms with Gasteiger partial charge in [-0.05, 0) is 75.7 Å². The summed E-state index contributed by atoms with van der Waals surface area (Å²) in [6.07, 6.45) is -4.57. The van der Waals surface area contributed by atoms with Gasteiger partial charge in [-0.2, -0.15) is 18.2 Å². The van der Waals surface area contributed by atoms with Crippen LogP contribution >= 0.6 is 0 Å². The van der Waals surface area contributed by atoms with E-state index in [4.69, 9.17) is 4.42 Å². The maximum atomic E-state index is 13.6. The van der Waals surface area contributed by atoms with Crippen molar-refractivity contribution in [3.8, 4) is 22.5 Å². The summed E-state index contributed by atoms with van der Waals surface area (Å²) in [4.78, 5) is 39.4. The molecule has 236 valence electrons. The Morgan fingerprint density at radius 3 is 2.27 bits per heavy atom. The normalized spacial score (nSPS) is 12.2. The van der Waals surface area contributed by atoms with Crippen LogP contribution in [0.4, 0.5) is 23.4 Å². The molecule has 2 heterocycles. The molecule has 0 unspecified atom stereocenters. The fourth-order valence-electron chi connectivity index (χ4n) is 4.64. The minimum absolute atomic E-state index is 0.0593. The third kappa shape index (κ3) is 7.54. The van der Waals surface area contributed by atoms with Crippen molar-refractivity contribution < 1.29 is 31.6 Å². The van der Waals surface area contributed by atoms with Gasteiger partial charge in [0.1, 0.15) is 29.8 Å². The Morgan fingerprint density at radius 2 is 1.67 bits per heavy atom. The van der Waals surface area contributed by atoms with Gasteiger partial charge in [0.2, 0.25) is 5.71 Å². The molecule has 4 aromatic rings. The van der Waals surface area contributed by atoms with Crippen molar-refractivity contribution in [2.75, 3.05) is 26.0 Å². The highest BCUT2D eigenvalue weighted by Crippen LogP contribution is 2.38. The van der Waals surface area contributed by atoms with Gasteiger partial charge in [-0.15, -0.1) is 0 Å². The summed E-state index contributed by atoms with van der Waals surface area (Å²) in [5, 5.41) is 7.95. The van der Waals surface area contributed by atoms with Crippen LogP contribution in [-0.4, -0.2) is 60.7 Å². The molecular weight excluding hydrogens is 592 g/mol. The first-order chi connectivity index (χ1) is 21.1. The lowest BCUT2D eigenvalue weighted by molar-refractivity contribution is -0.115. The number of rotatable bonds is 8. The zero-order chi connectivity index (χ0) is 33.1. The number of aliphatic imine (C=N–C) groups is 2. The number of nitrogens with one attached hydrogen (secondary N) is 3. The highest BCUT2D eigenvalue weighted by atomic mass is 19.4. The van der Waals surface area contributed by atoms with Gasteiger partial charge >= 0.3 is 6.18 Å². The predicted molar refractivity (Wildman–Crippen MR) is 166 cm³/mol.